The van der Waals surface area contributed by atoms with Crippen LogP contribution < -0.4 is 9.47 Å². The van der Waals surface area contributed by atoms with Gasteiger partial charge in [-0.3, -0.25) is 4.79 Å². The standard InChI is InChI=1S/C29H40FNO4S/c1-20(2)29(36-6,28(32)35-25-9-7-8-22-19-23(30)11-12-24(22)25)15-17-31(3)16-14-21-10-13-26(33-4)27(18-21)34-5/h10-13,18-20,25H,7-9,14-17H2,1-6H3/t25-,29-/m0/s1. The first-order valence-corrected chi connectivity index (χ1v) is 13.9. The second kappa shape index (κ2) is 12.8. The Labute approximate surface area is 219 Å². The topological polar surface area (TPSA) is 48.0 Å². The Balaban J connectivity index is 1.64. The van der Waals surface area contributed by atoms with Crippen LogP contribution >= 0.6 is 11.8 Å². The van der Waals surface area contributed by atoms with Crippen molar-refractivity contribution in [3.8, 4) is 11.5 Å². The van der Waals surface area contributed by atoms with Crippen LogP contribution in [0.25, 0.3) is 0 Å². The van der Waals surface area contributed by atoms with Gasteiger partial charge in [-0.1, -0.05) is 26.0 Å². The number of hydrogen-bond donors (Lipinski definition) is 0. The normalized spacial score (nSPS) is 17.0. The number of methoxy groups -OCH3 is 2. The number of rotatable bonds is 12. The molecule has 198 valence electrons. The molecule has 7 heteroatoms. The molecule has 0 saturated carbocycles. The molecule has 0 heterocycles. The van der Waals surface area contributed by atoms with E-state index in [1.165, 1.54) is 11.6 Å². The van der Waals surface area contributed by atoms with E-state index in [2.05, 4.69) is 31.9 Å². The largest absolute Gasteiger partial charge is 0.493 e. The SMILES string of the molecule is COc1ccc(CCN(C)CC[C@@](SC)(C(=O)O[C@H]2CCCc3cc(F)ccc32)C(C)C)cc1OC. The van der Waals surface area contributed by atoms with Crippen molar-refractivity contribution >= 4 is 17.7 Å². The van der Waals surface area contributed by atoms with Crippen LogP contribution in [0.5, 0.6) is 11.5 Å². The van der Waals surface area contributed by atoms with Gasteiger partial charge < -0.3 is 19.1 Å². The number of ether oxygens (including phenoxy) is 3. The minimum Gasteiger partial charge on any atom is -0.493 e. The summed E-state index contributed by atoms with van der Waals surface area (Å²) in [7, 11) is 5.37. The number of carbonyl (C=O) groups excluding carboxylic acids is 1. The number of aryl methyl sites for hydroxylation is 1. The van der Waals surface area contributed by atoms with Crippen molar-refractivity contribution in [1.29, 1.82) is 0 Å². The number of hydrogen-bond acceptors (Lipinski definition) is 6. The number of carbonyl (C=O) groups is 1. The molecule has 1 aliphatic rings. The Morgan fingerprint density at radius 3 is 2.56 bits per heavy atom. The molecule has 36 heavy (non-hydrogen) atoms. The van der Waals surface area contributed by atoms with Crippen LogP contribution in [0.3, 0.4) is 0 Å². The van der Waals surface area contributed by atoms with Crippen LogP contribution in [0.2, 0.25) is 0 Å². The van der Waals surface area contributed by atoms with Gasteiger partial charge in [-0.05, 0) is 98.8 Å². The van der Waals surface area contributed by atoms with Crippen molar-refractivity contribution in [2.75, 3.05) is 40.6 Å². The van der Waals surface area contributed by atoms with Crippen molar-refractivity contribution < 1.29 is 23.4 Å². The summed E-state index contributed by atoms with van der Waals surface area (Å²) in [5, 5.41) is 0. The lowest BCUT2D eigenvalue weighted by Gasteiger charge is -2.37. The lowest BCUT2D eigenvalue weighted by Crippen LogP contribution is -2.45. The molecule has 3 rings (SSSR count). The number of nitrogens with zero attached hydrogens (tertiary/aromatic N) is 1. The number of fused-ring (bicyclic) bond motifs is 1. The second-order valence-electron chi connectivity index (χ2n) is 9.87. The van der Waals surface area contributed by atoms with Gasteiger partial charge in [-0.15, -0.1) is 11.8 Å². The van der Waals surface area contributed by atoms with E-state index in [9.17, 15) is 9.18 Å². The summed E-state index contributed by atoms with van der Waals surface area (Å²) in [6.45, 7) is 5.81. The van der Waals surface area contributed by atoms with Gasteiger partial charge in [-0.25, -0.2) is 4.39 Å². The van der Waals surface area contributed by atoms with Gasteiger partial charge in [0.2, 0.25) is 0 Å². The van der Waals surface area contributed by atoms with Crippen LogP contribution in [-0.4, -0.2) is 56.2 Å². The van der Waals surface area contributed by atoms with E-state index in [1.54, 1.807) is 38.1 Å². The number of thioether (sulfide) groups is 1. The van der Waals surface area contributed by atoms with E-state index in [-0.39, 0.29) is 23.8 Å². The van der Waals surface area contributed by atoms with Gasteiger partial charge in [-0.2, -0.15) is 0 Å². The first kappa shape index (κ1) is 28.3. The Morgan fingerprint density at radius 1 is 1.14 bits per heavy atom. The molecule has 0 fully saturated rings. The zero-order chi connectivity index (χ0) is 26.3. The fraction of sp³-hybridized carbons (Fsp3) is 0.552. The highest BCUT2D eigenvalue weighted by Gasteiger charge is 2.43. The van der Waals surface area contributed by atoms with Crippen molar-refractivity contribution in [2.24, 2.45) is 5.92 Å². The van der Waals surface area contributed by atoms with Gasteiger partial charge >= 0.3 is 5.97 Å². The molecule has 1 aliphatic carbocycles. The molecule has 0 amide bonds. The molecule has 5 nitrogen and oxygen atoms in total. The first-order valence-electron chi connectivity index (χ1n) is 12.7. The molecule has 0 aliphatic heterocycles. The quantitative estimate of drug-likeness (QED) is 0.318. The molecule has 0 bridgehead atoms. The molecule has 0 spiro atoms. The van der Waals surface area contributed by atoms with E-state index in [0.717, 1.165) is 61.4 Å². The van der Waals surface area contributed by atoms with Gasteiger partial charge in [0.05, 0.1) is 14.2 Å². The van der Waals surface area contributed by atoms with Crippen LogP contribution in [0.4, 0.5) is 4.39 Å². The molecule has 0 unspecified atom stereocenters. The van der Waals surface area contributed by atoms with Crippen LogP contribution in [0.1, 0.15) is 55.9 Å². The van der Waals surface area contributed by atoms with E-state index in [1.807, 2.05) is 18.4 Å². The van der Waals surface area contributed by atoms with Crippen molar-refractivity contribution in [3.63, 3.8) is 0 Å². The summed E-state index contributed by atoms with van der Waals surface area (Å²) in [4.78, 5) is 15.9. The minimum atomic E-state index is -0.644. The van der Waals surface area contributed by atoms with E-state index >= 15 is 0 Å². The van der Waals surface area contributed by atoms with E-state index < -0.39 is 4.75 Å². The maximum atomic E-state index is 13.7. The maximum Gasteiger partial charge on any atom is 0.323 e. The van der Waals surface area contributed by atoms with Crippen molar-refractivity contribution in [1.82, 2.24) is 4.90 Å². The third-order valence-corrected chi connectivity index (χ3v) is 8.92. The maximum absolute atomic E-state index is 13.7. The van der Waals surface area contributed by atoms with Crippen molar-refractivity contribution in [2.45, 2.75) is 56.8 Å². The summed E-state index contributed by atoms with van der Waals surface area (Å²) >= 11 is 1.58. The number of benzene rings is 2. The number of esters is 1. The lowest BCUT2D eigenvalue weighted by molar-refractivity contribution is -0.155. The second-order valence-corrected chi connectivity index (χ2v) is 11.0. The molecule has 2 aromatic carbocycles. The van der Waals surface area contributed by atoms with Crippen LogP contribution in [-0.2, 0) is 22.4 Å². The molecule has 0 saturated heterocycles. The summed E-state index contributed by atoms with van der Waals surface area (Å²) in [6, 6.07) is 10.8. The highest BCUT2D eigenvalue weighted by molar-refractivity contribution is 8.00. The third kappa shape index (κ3) is 6.54. The number of halogens is 1. The molecule has 2 atom stereocenters. The van der Waals surface area contributed by atoms with Crippen LogP contribution in [0.15, 0.2) is 36.4 Å². The minimum absolute atomic E-state index is 0.107. The van der Waals surface area contributed by atoms with Gasteiger partial charge in [0.25, 0.3) is 0 Å². The predicted octanol–water partition coefficient (Wildman–Crippen LogP) is 6.09. The van der Waals surface area contributed by atoms with E-state index in [4.69, 9.17) is 14.2 Å². The Morgan fingerprint density at radius 2 is 1.89 bits per heavy atom. The zero-order valence-corrected chi connectivity index (χ0v) is 23.3. The van der Waals surface area contributed by atoms with Crippen LogP contribution in [0, 0.1) is 11.7 Å². The van der Waals surface area contributed by atoms with Gasteiger partial charge in [0.1, 0.15) is 16.7 Å². The Kier molecular flexibility index (Phi) is 10.1. The Bertz CT molecular complexity index is 1030. The summed E-state index contributed by atoms with van der Waals surface area (Å²) in [5.74, 6) is 1.16. The highest BCUT2D eigenvalue weighted by Crippen LogP contribution is 2.40. The summed E-state index contributed by atoms with van der Waals surface area (Å²) in [6.07, 6.45) is 5.73. The monoisotopic (exact) mass is 517 g/mol. The lowest BCUT2D eigenvalue weighted by atomic mass is 9.88. The van der Waals surface area contributed by atoms with Gasteiger partial charge in [0.15, 0.2) is 11.5 Å². The molecule has 0 radical (unpaired) electrons. The smallest absolute Gasteiger partial charge is 0.323 e. The third-order valence-electron chi connectivity index (χ3n) is 7.35. The van der Waals surface area contributed by atoms with Crippen molar-refractivity contribution in [3.05, 3.63) is 58.9 Å². The van der Waals surface area contributed by atoms with E-state index in [0.29, 0.717) is 6.42 Å². The average molecular weight is 518 g/mol. The zero-order valence-electron chi connectivity index (χ0n) is 22.4. The highest BCUT2D eigenvalue weighted by atomic mass is 32.2. The average Bonchev–Trinajstić information content (AvgIpc) is 2.87. The number of likely N-dealkylation sites (N-methyl/N-ethyl adjacent to an activating group) is 1. The fourth-order valence-electron chi connectivity index (χ4n) is 4.96. The predicted molar refractivity (Wildman–Crippen MR) is 145 cm³/mol. The molecular weight excluding hydrogens is 477 g/mol. The molecule has 2 aromatic rings. The summed E-state index contributed by atoms with van der Waals surface area (Å²) in [5.41, 5.74) is 3.07. The molecule has 0 N–H and O–H groups in total. The molecule has 0 aromatic heterocycles. The first-order chi connectivity index (χ1) is 17.2. The molecular formula is C29H40FNO4S. The van der Waals surface area contributed by atoms with Gasteiger partial charge in [0, 0.05) is 6.54 Å². The Hall–Kier alpha value is -2.25. The fourth-order valence-corrected chi connectivity index (χ4v) is 5.94. The summed E-state index contributed by atoms with van der Waals surface area (Å²) < 4.78 is 30.0.